The highest BCUT2D eigenvalue weighted by Crippen LogP contribution is 2.37. The topological polar surface area (TPSA) is 94.8 Å². The van der Waals surface area contributed by atoms with Crippen LogP contribution in [0.1, 0.15) is 18.1 Å². The van der Waals surface area contributed by atoms with Gasteiger partial charge in [-0.15, -0.1) is 0 Å². The van der Waals surface area contributed by atoms with Crippen LogP contribution in [0.15, 0.2) is 99.3 Å². The van der Waals surface area contributed by atoms with Gasteiger partial charge in [0.2, 0.25) is 0 Å². The van der Waals surface area contributed by atoms with E-state index in [-0.39, 0.29) is 41.5 Å². The van der Waals surface area contributed by atoms with Crippen molar-refractivity contribution in [2.75, 3.05) is 18.5 Å². The van der Waals surface area contributed by atoms with Gasteiger partial charge < -0.3 is 14.8 Å². The molecule has 0 unspecified atom stereocenters. The van der Waals surface area contributed by atoms with Crippen molar-refractivity contribution in [3.63, 3.8) is 0 Å². The van der Waals surface area contributed by atoms with Crippen LogP contribution in [0.5, 0.6) is 11.5 Å². The summed E-state index contributed by atoms with van der Waals surface area (Å²) in [5.41, 5.74) is -0.311. The number of nitrogens with zero attached hydrogens (tertiary/aromatic N) is 3. The molecule has 0 saturated heterocycles. The molecule has 5 rings (SSSR count). The summed E-state index contributed by atoms with van der Waals surface area (Å²) >= 11 is 3.42. The van der Waals surface area contributed by atoms with Crippen molar-refractivity contribution in [3.8, 4) is 22.9 Å². The molecule has 8 nitrogen and oxygen atoms in total. The van der Waals surface area contributed by atoms with E-state index in [2.05, 4.69) is 31.3 Å². The molecule has 0 radical (unpaired) electrons. The van der Waals surface area contributed by atoms with Crippen LogP contribution < -0.4 is 20.3 Å². The second-order valence-corrected chi connectivity index (χ2v) is 10.4. The molecule has 45 heavy (non-hydrogen) atoms. The van der Waals surface area contributed by atoms with Crippen molar-refractivity contribution in [2.45, 2.75) is 13.1 Å². The summed E-state index contributed by atoms with van der Waals surface area (Å²) in [5.74, 6) is -0.543. The van der Waals surface area contributed by atoms with Gasteiger partial charge in [-0.05, 0) is 89.1 Å². The zero-order valence-electron chi connectivity index (χ0n) is 23.4. The van der Waals surface area contributed by atoms with E-state index >= 15 is 0 Å². The van der Waals surface area contributed by atoms with Crippen LogP contribution in [-0.2, 0) is 11.0 Å². The number of carbonyl (C=O) groups excluding carboxylic acids is 1. The first-order valence-corrected chi connectivity index (χ1v) is 14.2. The summed E-state index contributed by atoms with van der Waals surface area (Å²) in [6.45, 7) is 1.61. The summed E-state index contributed by atoms with van der Waals surface area (Å²) in [6.07, 6.45) is -3.28. The van der Waals surface area contributed by atoms with Crippen LogP contribution in [0.3, 0.4) is 0 Å². The molecule has 1 N–H and O–H groups in total. The Hall–Kier alpha value is -5.04. The van der Waals surface area contributed by atoms with Crippen molar-refractivity contribution in [2.24, 2.45) is 5.10 Å². The van der Waals surface area contributed by atoms with Crippen LogP contribution in [0.25, 0.3) is 22.3 Å². The van der Waals surface area contributed by atoms with Crippen LogP contribution >= 0.6 is 15.9 Å². The minimum Gasteiger partial charge on any atom is -0.490 e. The first kappa shape index (κ1) is 31.4. The number of ether oxygens (including phenoxy) is 2. The molecule has 1 aromatic heterocycles. The Morgan fingerprint density at radius 1 is 1.02 bits per heavy atom. The number of nitrogens with one attached hydrogen (secondary N) is 1. The predicted molar refractivity (Wildman–Crippen MR) is 165 cm³/mol. The number of hydrogen-bond donors (Lipinski definition) is 1. The summed E-state index contributed by atoms with van der Waals surface area (Å²) in [4.78, 5) is 30.4. The van der Waals surface area contributed by atoms with Gasteiger partial charge in [0.25, 0.3) is 11.5 Å². The maximum atomic E-state index is 13.5. The quantitative estimate of drug-likeness (QED) is 0.130. The van der Waals surface area contributed by atoms with E-state index in [4.69, 9.17) is 9.47 Å². The minimum atomic E-state index is -4.60. The van der Waals surface area contributed by atoms with Crippen molar-refractivity contribution >= 4 is 44.6 Å². The lowest BCUT2D eigenvalue weighted by molar-refractivity contribution is -0.137. The van der Waals surface area contributed by atoms with Crippen LogP contribution in [-0.4, -0.2) is 35.0 Å². The lowest BCUT2D eigenvalue weighted by Crippen LogP contribution is -2.21. The molecule has 0 atom stereocenters. The monoisotopic (exact) mass is 682 g/mol. The van der Waals surface area contributed by atoms with E-state index in [1.54, 1.807) is 43.3 Å². The molecular weight excluding hydrogens is 660 g/mol. The molecule has 13 heteroatoms. The molecule has 1 heterocycles. The van der Waals surface area contributed by atoms with Crippen molar-refractivity contribution in [3.05, 3.63) is 117 Å². The fraction of sp³-hybridized carbons (Fsp3) is 0.125. The summed E-state index contributed by atoms with van der Waals surface area (Å²) < 4.78 is 66.4. The number of carbonyl (C=O) groups is 1. The van der Waals surface area contributed by atoms with E-state index < -0.39 is 29.0 Å². The maximum absolute atomic E-state index is 13.5. The van der Waals surface area contributed by atoms with Gasteiger partial charge in [-0.3, -0.25) is 9.59 Å². The Bertz CT molecular complexity index is 1960. The third-order valence-corrected chi connectivity index (χ3v) is 6.92. The number of aromatic nitrogens is 2. The third kappa shape index (κ3) is 7.37. The summed E-state index contributed by atoms with van der Waals surface area (Å²) in [5, 5.41) is 7.15. The van der Waals surface area contributed by atoms with Crippen molar-refractivity contribution < 1.29 is 31.8 Å². The Morgan fingerprint density at radius 3 is 2.51 bits per heavy atom. The van der Waals surface area contributed by atoms with Crippen molar-refractivity contribution in [1.82, 2.24) is 9.66 Å². The van der Waals surface area contributed by atoms with E-state index in [0.29, 0.717) is 21.2 Å². The van der Waals surface area contributed by atoms with E-state index in [1.807, 2.05) is 0 Å². The Kier molecular flexibility index (Phi) is 9.28. The highest BCUT2D eigenvalue weighted by atomic mass is 79.9. The van der Waals surface area contributed by atoms with Crippen LogP contribution in [0.2, 0.25) is 0 Å². The number of hydrogen-bond acceptors (Lipinski definition) is 6. The molecule has 1 amide bonds. The molecule has 230 valence electrons. The van der Waals surface area contributed by atoms with Gasteiger partial charge in [-0.2, -0.15) is 22.9 Å². The Labute approximate surface area is 262 Å². The molecule has 0 spiro atoms. The van der Waals surface area contributed by atoms with Crippen LogP contribution in [0, 0.1) is 5.82 Å². The molecule has 0 aliphatic carbocycles. The molecule has 0 bridgehead atoms. The highest BCUT2D eigenvalue weighted by Gasteiger charge is 2.31. The van der Waals surface area contributed by atoms with Gasteiger partial charge in [-0.1, -0.05) is 24.3 Å². The molecule has 0 saturated carbocycles. The minimum absolute atomic E-state index is 0.0451. The zero-order chi connectivity index (χ0) is 32.1. The van der Waals surface area contributed by atoms with Gasteiger partial charge in [0.05, 0.1) is 33.8 Å². The van der Waals surface area contributed by atoms with Gasteiger partial charge in [-0.25, -0.2) is 9.37 Å². The zero-order valence-corrected chi connectivity index (χ0v) is 25.0. The average molecular weight is 683 g/mol. The number of fused-ring (bicyclic) bond motifs is 1. The number of rotatable bonds is 9. The molecule has 0 aliphatic heterocycles. The van der Waals surface area contributed by atoms with Crippen molar-refractivity contribution in [1.29, 1.82) is 0 Å². The smallest absolute Gasteiger partial charge is 0.416 e. The number of benzene rings is 4. The van der Waals surface area contributed by atoms with E-state index in [0.717, 1.165) is 16.8 Å². The third-order valence-electron chi connectivity index (χ3n) is 6.33. The molecular formula is C32H23BrF4N4O4. The normalized spacial score (nSPS) is 11.6. The number of para-hydroxylation sites is 1. The maximum Gasteiger partial charge on any atom is 0.416 e. The van der Waals surface area contributed by atoms with Gasteiger partial charge in [0.1, 0.15) is 5.82 Å². The summed E-state index contributed by atoms with van der Waals surface area (Å²) in [7, 11) is 0. The van der Waals surface area contributed by atoms with E-state index in [1.165, 1.54) is 42.6 Å². The fourth-order valence-electron chi connectivity index (χ4n) is 4.31. The standard InChI is InChI=1S/C32H23BrF4N4O4/c1-2-44-27-15-19(14-25(33)29(27)45-18-28(42)39-23-12-10-22(34)11-13-23)17-38-41-30(20-6-5-7-21(16-20)32(35,36)37)40-26-9-4-3-8-24(26)31(41)43/h3-17H,2,18H2,1H3,(H,39,42). The second kappa shape index (κ2) is 13.3. The molecule has 0 fully saturated rings. The Balaban J connectivity index is 1.48. The number of anilines is 1. The van der Waals surface area contributed by atoms with Gasteiger partial charge in [0, 0.05) is 11.3 Å². The Morgan fingerprint density at radius 2 is 1.78 bits per heavy atom. The fourth-order valence-corrected chi connectivity index (χ4v) is 4.88. The lowest BCUT2D eigenvalue weighted by atomic mass is 10.1. The van der Waals surface area contributed by atoms with E-state index in [9.17, 15) is 27.2 Å². The number of halogens is 5. The predicted octanol–water partition coefficient (Wildman–Crippen LogP) is 7.28. The SMILES string of the molecule is CCOc1cc(C=Nn2c(-c3cccc(C(F)(F)F)c3)nc3ccccc3c2=O)cc(Br)c1OCC(=O)Nc1ccc(F)cc1. The second-order valence-electron chi connectivity index (χ2n) is 9.50. The molecule has 5 aromatic rings. The lowest BCUT2D eigenvalue weighted by Gasteiger charge is -2.15. The van der Waals surface area contributed by atoms with Gasteiger partial charge in [0.15, 0.2) is 23.9 Å². The number of amides is 1. The number of alkyl halides is 3. The average Bonchev–Trinajstić information content (AvgIpc) is 3.01. The first-order chi connectivity index (χ1) is 21.5. The molecule has 0 aliphatic rings. The summed E-state index contributed by atoms with van der Waals surface area (Å²) in [6, 6.07) is 19.4. The largest absolute Gasteiger partial charge is 0.490 e. The van der Waals surface area contributed by atoms with Gasteiger partial charge >= 0.3 is 6.18 Å². The first-order valence-electron chi connectivity index (χ1n) is 13.4. The molecule has 4 aromatic carbocycles. The van der Waals surface area contributed by atoms with Crippen LogP contribution in [0.4, 0.5) is 23.2 Å². The highest BCUT2D eigenvalue weighted by molar-refractivity contribution is 9.10.